The van der Waals surface area contributed by atoms with E-state index in [-0.39, 0.29) is 24.1 Å². The molecule has 0 bridgehead atoms. The Labute approximate surface area is 182 Å². The third-order valence-electron chi connectivity index (χ3n) is 6.00. The van der Waals surface area contributed by atoms with Crippen LogP contribution in [0.3, 0.4) is 0 Å². The summed E-state index contributed by atoms with van der Waals surface area (Å²) in [5.41, 5.74) is 1.81. The van der Waals surface area contributed by atoms with Crippen LogP contribution >= 0.6 is 0 Å². The molecule has 9 heteroatoms. The van der Waals surface area contributed by atoms with Crippen LogP contribution in [0.25, 0.3) is 21.9 Å². The summed E-state index contributed by atoms with van der Waals surface area (Å²) in [5.74, 6) is 1.00. The van der Waals surface area contributed by atoms with E-state index in [0.717, 1.165) is 12.0 Å². The second-order valence-corrected chi connectivity index (χ2v) is 8.11. The fraction of sp³-hybridized carbons (Fsp3) is 0.261. The highest BCUT2D eigenvalue weighted by atomic mass is 16.5. The number of ether oxygens (including phenoxy) is 1. The first-order valence-corrected chi connectivity index (χ1v) is 10.4. The van der Waals surface area contributed by atoms with Crippen molar-refractivity contribution in [3.05, 3.63) is 82.8 Å². The summed E-state index contributed by atoms with van der Waals surface area (Å²) >= 11 is 0. The molecule has 1 saturated heterocycles. The molecule has 1 aliphatic heterocycles. The van der Waals surface area contributed by atoms with Gasteiger partial charge in [-0.05, 0) is 28.8 Å². The van der Waals surface area contributed by atoms with Crippen LogP contribution in [-0.4, -0.2) is 35.8 Å². The van der Waals surface area contributed by atoms with Gasteiger partial charge in [0.25, 0.3) is 5.56 Å². The van der Waals surface area contributed by atoms with E-state index in [1.54, 1.807) is 17.9 Å². The van der Waals surface area contributed by atoms with Crippen LogP contribution in [0.2, 0.25) is 0 Å². The second-order valence-electron chi connectivity index (χ2n) is 8.11. The number of hydrogen-bond donors (Lipinski definition) is 0. The molecule has 0 radical (unpaired) electrons. The molecule has 6 rings (SSSR count). The molecule has 0 amide bonds. The van der Waals surface area contributed by atoms with Crippen LogP contribution in [0.4, 0.5) is 0 Å². The standard InChI is InChI=1S/C23H20N6O3/c1-28-12-24-22-20(28)23(30)29(13-25-22)10-19-26-21(27-32-19)17-9-18(31-11-17)16-7-6-14-4-2-3-5-15(14)8-16/h2-8,12-13,17-18H,9-11H2,1H3/t17-,18+/m0/s1. The Bertz CT molecular complexity index is 1500. The zero-order valence-electron chi connectivity index (χ0n) is 17.4. The first-order valence-electron chi connectivity index (χ1n) is 10.4. The normalized spacial score (nSPS) is 18.7. The molecule has 3 aromatic heterocycles. The van der Waals surface area contributed by atoms with Gasteiger partial charge >= 0.3 is 0 Å². The monoisotopic (exact) mass is 428 g/mol. The van der Waals surface area contributed by atoms with Crippen molar-refractivity contribution in [1.82, 2.24) is 29.2 Å². The molecule has 2 aromatic carbocycles. The van der Waals surface area contributed by atoms with Crippen molar-refractivity contribution in [2.24, 2.45) is 7.05 Å². The zero-order valence-corrected chi connectivity index (χ0v) is 17.4. The van der Waals surface area contributed by atoms with E-state index in [4.69, 9.17) is 9.26 Å². The van der Waals surface area contributed by atoms with Gasteiger partial charge < -0.3 is 13.8 Å². The molecule has 0 unspecified atom stereocenters. The van der Waals surface area contributed by atoms with E-state index in [1.165, 1.54) is 21.7 Å². The molecule has 0 aliphatic carbocycles. The van der Waals surface area contributed by atoms with Gasteiger partial charge in [-0.1, -0.05) is 41.6 Å². The minimum atomic E-state index is -0.199. The summed E-state index contributed by atoms with van der Waals surface area (Å²) in [7, 11) is 1.76. The summed E-state index contributed by atoms with van der Waals surface area (Å²) in [5, 5.41) is 6.56. The van der Waals surface area contributed by atoms with Crippen LogP contribution in [0.1, 0.15) is 35.7 Å². The number of imidazole rings is 1. The van der Waals surface area contributed by atoms with Crippen molar-refractivity contribution >= 4 is 21.9 Å². The van der Waals surface area contributed by atoms with Crippen molar-refractivity contribution in [1.29, 1.82) is 0 Å². The first kappa shape index (κ1) is 18.9. The fourth-order valence-electron chi connectivity index (χ4n) is 4.28. The largest absolute Gasteiger partial charge is 0.373 e. The molecule has 0 spiro atoms. The van der Waals surface area contributed by atoms with Gasteiger partial charge in [0.1, 0.15) is 12.9 Å². The molecule has 9 nitrogen and oxygen atoms in total. The van der Waals surface area contributed by atoms with E-state index < -0.39 is 0 Å². The van der Waals surface area contributed by atoms with Gasteiger partial charge in [0.2, 0.25) is 5.89 Å². The molecule has 1 aliphatic rings. The maximum absolute atomic E-state index is 12.7. The predicted molar refractivity (Wildman–Crippen MR) is 116 cm³/mol. The van der Waals surface area contributed by atoms with Crippen molar-refractivity contribution in [3.8, 4) is 0 Å². The quantitative estimate of drug-likeness (QED) is 0.434. The van der Waals surface area contributed by atoms with Crippen LogP contribution in [0.5, 0.6) is 0 Å². The number of hydrogen-bond acceptors (Lipinski definition) is 7. The zero-order chi connectivity index (χ0) is 21.7. The molecule has 0 N–H and O–H groups in total. The topological polar surface area (TPSA) is 101 Å². The van der Waals surface area contributed by atoms with Crippen molar-refractivity contribution in [2.45, 2.75) is 25.0 Å². The number of benzene rings is 2. The van der Waals surface area contributed by atoms with Crippen LogP contribution < -0.4 is 5.56 Å². The first-order chi connectivity index (χ1) is 15.7. The molecule has 4 heterocycles. The molecule has 32 heavy (non-hydrogen) atoms. The third kappa shape index (κ3) is 3.18. The lowest BCUT2D eigenvalue weighted by Gasteiger charge is -2.10. The predicted octanol–water partition coefficient (Wildman–Crippen LogP) is 2.96. The summed E-state index contributed by atoms with van der Waals surface area (Å²) < 4.78 is 14.6. The highest BCUT2D eigenvalue weighted by Crippen LogP contribution is 2.37. The second kappa shape index (κ2) is 7.38. The van der Waals surface area contributed by atoms with Crippen molar-refractivity contribution < 1.29 is 9.26 Å². The minimum Gasteiger partial charge on any atom is -0.373 e. The van der Waals surface area contributed by atoms with Gasteiger partial charge in [-0.25, -0.2) is 9.97 Å². The van der Waals surface area contributed by atoms with Crippen molar-refractivity contribution in [2.75, 3.05) is 6.61 Å². The SMILES string of the molecule is Cn1cnc2ncn(Cc3nc([C@@H]4CO[C@@H](c5ccc6ccccc6c5)C4)no3)c(=O)c21. The number of rotatable bonds is 4. The van der Waals surface area contributed by atoms with Crippen LogP contribution in [0, 0.1) is 0 Å². The number of aromatic nitrogens is 6. The van der Waals surface area contributed by atoms with Gasteiger partial charge in [0.15, 0.2) is 17.0 Å². The van der Waals surface area contributed by atoms with Gasteiger partial charge in [-0.3, -0.25) is 9.36 Å². The summed E-state index contributed by atoms with van der Waals surface area (Å²) in [6.07, 6.45) is 3.79. The molecule has 0 saturated carbocycles. The molecule has 2 atom stereocenters. The minimum absolute atomic E-state index is 0.00868. The average Bonchev–Trinajstić information content (AvgIpc) is 3.56. The van der Waals surface area contributed by atoms with E-state index in [2.05, 4.69) is 50.4 Å². The average molecular weight is 428 g/mol. The van der Waals surface area contributed by atoms with Gasteiger partial charge in [-0.15, -0.1) is 0 Å². The molecular formula is C23H20N6O3. The number of nitrogens with zero attached hydrogens (tertiary/aromatic N) is 6. The van der Waals surface area contributed by atoms with Crippen molar-refractivity contribution in [3.63, 3.8) is 0 Å². The van der Waals surface area contributed by atoms with Crippen LogP contribution in [0.15, 0.2) is 64.4 Å². The lowest BCUT2D eigenvalue weighted by atomic mass is 9.98. The van der Waals surface area contributed by atoms with Gasteiger partial charge in [0, 0.05) is 13.0 Å². The molecular weight excluding hydrogens is 408 g/mol. The lowest BCUT2D eigenvalue weighted by molar-refractivity contribution is 0.110. The number of fused-ring (bicyclic) bond motifs is 2. The third-order valence-corrected chi connectivity index (χ3v) is 6.00. The molecule has 160 valence electrons. The maximum atomic E-state index is 12.7. The Hall–Kier alpha value is -3.85. The Morgan fingerprint density at radius 2 is 1.94 bits per heavy atom. The Balaban J connectivity index is 1.20. The molecule has 1 fully saturated rings. The fourth-order valence-corrected chi connectivity index (χ4v) is 4.28. The summed E-state index contributed by atoms with van der Waals surface area (Å²) in [6, 6.07) is 14.7. The number of aryl methyl sites for hydroxylation is 1. The Morgan fingerprint density at radius 3 is 2.84 bits per heavy atom. The van der Waals surface area contributed by atoms with E-state index >= 15 is 0 Å². The lowest BCUT2D eigenvalue weighted by Crippen LogP contribution is -2.22. The Morgan fingerprint density at radius 1 is 1.09 bits per heavy atom. The van der Waals surface area contributed by atoms with E-state index in [0.29, 0.717) is 29.5 Å². The van der Waals surface area contributed by atoms with Gasteiger partial charge in [-0.2, -0.15) is 4.98 Å². The maximum Gasteiger partial charge on any atom is 0.280 e. The van der Waals surface area contributed by atoms with E-state index in [9.17, 15) is 4.79 Å². The van der Waals surface area contributed by atoms with Crippen LogP contribution in [-0.2, 0) is 18.3 Å². The summed E-state index contributed by atoms with van der Waals surface area (Å²) in [6.45, 7) is 0.681. The highest BCUT2D eigenvalue weighted by molar-refractivity contribution is 5.83. The van der Waals surface area contributed by atoms with Gasteiger partial charge in [0.05, 0.1) is 19.0 Å². The summed E-state index contributed by atoms with van der Waals surface area (Å²) in [4.78, 5) is 25.6. The highest BCUT2D eigenvalue weighted by Gasteiger charge is 2.31. The Kier molecular flexibility index (Phi) is 4.36. The smallest absolute Gasteiger partial charge is 0.280 e. The molecule has 5 aromatic rings. The van der Waals surface area contributed by atoms with E-state index in [1.807, 2.05) is 12.1 Å².